The smallest absolute Gasteiger partial charge is 0.0318 e. The summed E-state index contributed by atoms with van der Waals surface area (Å²) in [5.74, 6) is 0. The van der Waals surface area contributed by atoms with Gasteiger partial charge in [-0.1, -0.05) is 29.8 Å². The predicted octanol–water partition coefficient (Wildman–Crippen LogP) is 3.65. The first-order chi connectivity index (χ1) is 7.96. The van der Waals surface area contributed by atoms with Crippen molar-refractivity contribution in [1.29, 1.82) is 0 Å². The topological polar surface area (TPSA) is 29.3 Å². The molecule has 0 radical (unpaired) electrons. The zero-order chi connectivity index (χ0) is 12.5. The van der Waals surface area contributed by atoms with E-state index in [1.54, 1.807) is 0 Å². The second kappa shape index (κ2) is 4.99. The van der Waals surface area contributed by atoms with Crippen molar-refractivity contribution in [3.8, 4) is 0 Å². The number of piperidine rings is 1. The molecule has 17 heavy (non-hydrogen) atoms. The average Bonchev–Trinajstić information content (AvgIpc) is 2.26. The molecule has 2 rings (SSSR count). The number of hydrogen-bond acceptors (Lipinski definition) is 2. The monoisotopic (exact) mass is 296 g/mol. The van der Waals surface area contributed by atoms with Crippen LogP contribution in [0.5, 0.6) is 0 Å². The van der Waals surface area contributed by atoms with Gasteiger partial charge in [0.2, 0.25) is 0 Å². The molecular formula is C14H21BrN2. The molecule has 3 heteroatoms. The summed E-state index contributed by atoms with van der Waals surface area (Å²) in [6, 6.07) is 6.05. The minimum atomic E-state index is 0.517. The van der Waals surface area contributed by atoms with Gasteiger partial charge in [0, 0.05) is 16.7 Å². The molecule has 1 heterocycles. The molecule has 1 saturated heterocycles. The molecule has 1 fully saturated rings. The van der Waals surface area contributed by atoms with E-state index in [4.69, 9.17) is 5.73 Å². The maximum atomic E-state index is 5.84. The molecule has 2 nitrogen and oxygen atoms in total. The van der Waals surface area contributed by atoms with Crippen molar-refractivity contribution in [1.82, 2.24) is 4.90 Å². The van der Waals surface area contributed by atoms with Crippen LogP contribution in [0.1, 0.15) is 32.3 Å². The van der Waals surface area contributed by atoms with E-state index in [1.165, 1.54) is 31.5 Å². The Bertz CT molecular complexity index is 391. The summed E-state index contributed by atoms with van der Waals surface area (Å²) in [6.07, 6.45) is 2.57. The highest BCUT2D eigenvalue weighted by molar-refractivity contribution is 9.10. The predicted molar refractivity (Wildman–Crippen MR) is 76.8 cm³/mol. The van der Waals surface area contributed by atoms with Crippen molar-refractivity contribution in [2.75, 3.05) is 18.8 Å². The van der Waals surface area contributed by atoms with Crippen LogP contribution in [-0.2, 0) is 6.54 Å². The Morgan fingerprint density at radius 1 is 1.29 bits per heavy atom. The number of nitrogen functional groups attached to an aromatic ring is 1. The summed E-state index contributed by atoms with van der Waals surface area (Å²) >= 11 is 3.60. The summed E-state index contributed by atoms with van der Waals surface area (Å²) in [6.45, 7) is 8.10. The molecule has 0 amide bonds. The van der Waals surface area contributed by atoms with Gasteiger partial charge in [-0.3, -0.25) is 4.90 Å². The number of halogens is 1. The van der Waals surface area contributed by atoms with Gasteiger partial charge in [-0.15, -0.1) is 0 Å². The molecule has 0 aromatic heterocycles. The first-order valence-corrected chi connectivity index (χ1v) is 7.02. The number of nitrogens with zero attached hydrogens (tertiary/aromatic N) is 1. The maximum Gasteiger partial charge on any atom is 0.0318 e. The van der Waals surface area contributed by atoms with Gasteiger partial charge in [-0.2, -0.15) is 0 Å². The Balaban J connectivity index is 2.00. The average molecular weight is 297 g/mol. The highest BCUT2D eigenvalue weighted by Gasteiger charge is 2.25. The first-order valence-electron chi connectivity index (χ1n) is 6.23. The van der Waals surface area contributed by atoms with E-state index in [2.05, 4.69) is 40.7 Å². The number of nitrogens with two attached hydrogens (primary N) is 1. The van der Waals surface area contributed by atoms with E-state index in [1.807, 2.05) is 12.1 Å². The van der Waals surface area contributed by atoms with Gasteiger partial charge in [-0.05, 0) is 55.1 Å². The molecule has 0 atom stereocenters. The minimum absolute atomic E-state index is 0.517. The highest BCUT2D eigenvalue weighted by atomic mass is 79.9. The summed E-state index contributed by atoms with van der Waals surface area (Å²) in [5.41, 5.74) is 8.50. The Morgan fingerprint density at radius 2 is 1.94 bits per heavy atom. The van der Waals surface area contributed by atoms with Gasteiger partial charge in [0.05, 0.1) is 0 Å². The van der Waals surface area contributed by atoms with Crippen LogP contribution >= 0.6 is 15.9 Å². The van der Waals surface area contributed by atoms with E-state index in [0.29, 0.717) is 5.41 Å². The Morgan fingerprint density at radius 3 is 2.59 bits per heavy atom. The van der Waals surface area contributed by atoms with Crippen LogP contribution in [-0.4, -0.2) is 18.0 Å². The second-order valence-electron chi connectivity index (χ2n) is 5.79. The van der Waals surface area contributed by atoms with Crippen LogP contribution < -0.4 is 5.73 Å². The number of benzene rings is 1. The molecule has 0 spiro atoms. The fraction of sp³-hybridized carbons (Fsp3) is 0.571. The van der Waals surface area contributed by atoms with E-state index >= 15 is 0 Å². The third kappa shape index (κ3) is 3.46. The molecule has 0 aliphatic carbocycles. The fourth-order valence-electron chi connectivity index (χ4n) is 2.27. The van der Waals surface area contributed by atoms with E-state index in [0.717, 1.165) is 16.7 Å². The lowest BCUT2D eigenvalue weighted by atomic mass is 9.82. The third-order valence-electron chi connectivity index (χ3n) is 3.67. The molecule has 1 aliphatic rings. The van der Waals surface area contributed by atoms with Crippen LogP contribution in [0.25, 0.3) is 0 Å². The van der Waals surface area contributed by atoms with Crippen LogP contribution in [0.4, 0.5) is 5.69 Å². The van der Waals surface area contributed by atoms with Crippen molar-refractivity contribution < 1.29 is 0 Å². The minimum Gasteiger partial charge on any atom is -0.399 e. The van der Waals surface area contributed by atoms with Crippen LogP contribution in [0, 0.1) is 5.41 Å². The fourth-order valence-corrected chi connectivity index (χ4v) is 2.65. The maximum absolute atomic E-state index is 5.84. The second-order valence-corrected chi connectivity index (χ2v) is 6.65. The van der Waals surface area contributed by atoms with Gasteiger partial charge < -0.3 is 5.73 Å². The Labute approximate surface area is 112 Å². The van der Waals surface area contributed by atoms with Gasteiger partial charge in [0.15, 0.2) is 0 Å². The van der Waals surface area contributed by atoms with Crippen molar-refractivity contribution in [3.05, 3.63) is 28.2 Å². The third-order valence-corrected chi connectivity index (χ3v) is 4.45. The largest absolute Gasteiger partial charge is 0.399 e. The van der Waals surface area contributed by atoms with Gasteiger partial charge in [0.25, 0.3) is 0 Å². The van der Waals surface area contributed by atoms with E-state index < -0.39 is 0 Å². The zero-order valence-electron chi connectivity index (χ0n) is 10.7. The molecular weight excluding hydrogens is 276 g/mol. The van der Waals surface area contributed by atoms with Gasteiger partial charge in [-0.25, -0.2) is 0 Å². The van der Waals surface area contributed by atoms with E-state index in [-0.39, 0.29) is 0 Å². The standard InChI is InChI=1S/C14H21BrN2/c1-14(2)5-7-17(8-6-14)10-11-9-12(16)3-4-13(11)15/h3-4,9H,5-8,10,16H2,1-2H3. The molecule has 1 aromatic rings. The lowest BCUT2D eigenvalue weighted by molar-refractivity contribution is 0.127. The lowest BCUT2D eigenvalue weighted by Gasteiger charge is -2.37. The van der Waals surface area contributed by atoms with E-state index in [9.17, 15) is 0 Å². The first kappa shape index (κ1) is 12.9. The molecule has 94 valence electrons. The molecule has 0 unspecified atom stereocenters. The Hall–Kier alpha value is -0.540. The molecule has 0 bridgehead atoms. The quantitative estimate of drug-likeness (QED) is 0.844. The lowest BCUT2D eigenvalue weighted by Crippen LogP contribution is -2.36. The summed E-state index contributed by atoms with van der Waals surface area (Å²) in [5, 5.41) is 0. The van der Waals surface area contributed by atoms with Crippen LogP contribution in [0.15, 0.2) is 22.7 Å². The van der Waals surface area contributed by atoms with Crippen molar-refractivity contribution in [2.24, 2.45) is 5.41 Å². The van der Waals surface area contributed by atoms with Gasteiger partial charge in [0.1, 0.15) is 0 Å². The Kier molecular flexibility index (Phi) is 3.79. The highest BCUT2D eigenvalue weighted by Crippen LogP contribution is 2.31. The van der Waals surface area contributed by atoms with Gasteiger partial charge >= 0.3 is 0 Å². The van der Waals surface area contributed by atoms with Crippen LogP contribution in [0.3, 0.4) is 0 Å². The number of rotatable bonds is 2. The molecule has 1 aromatic carbocycles. The molecule has 2 N–H and O–H groups in total. The van der Waals surface area contributed by atoms with Crippen molar-refractivity contribution in [3.63, 3.8) is 0 Å². The molecule has 1 aliphatic heterocycles. The summed E-state index contributed by atoms with van der Waals surface area (Å²) in [7, 11) is 0. The number of hydrogen-bond donors (Lipinski definition) is 1. The SMILES string of the molecule is CC1(C)CCN(Cc2cc(N)ccc2Br)CC1. The zero-order valence-corrected chi connectivity index (χ0v) is 12.3. The van der Waals surface area contributed by atoms with Crippen molar-refractivity contribution >= 4 is 21.6 Å². The normalized spacial score (nSPS) is 20.4. The summed E-state index contributed by atoms with van der Waals surface area (Å²) in [4.78, 5) is 2.52. The number of anilines is 1. The molecule has 0 saturated carbocycles. The number of likely N-dealkylation sites (tertiary alicyclic amines) is 1. The summed E-state index contributed by atoms with van der Waals surface area (Å²) < 4.78 is 1.16. The van der Waals surface area contributed by atoms with Crippen LogP contribution in [0.2, 0.25) is 0 Å². The van der Waals surface area contributed by atoms with Crippen molar-refractivity contribution in [2.45, 2.75) is 33.2 Å².